The highest BCUT2D eigenvalue weighted by atomic mass is 19.2. The summed E-state index contributed by atoms with van der Waals surface area (Å²) in [6, 6.07) is 3.85. The Morgan fingerprint density at radius 1 is 1.19 bits per heavy atom. The van der Waals surface area contributed by atoms with Gasteiger partial charge in [-0.2, -0.15) is 4.39 Å². The second kappa shape index (κ2) is 4.78. The molecular formula is C12H15F2NO. The van der Waals surface area contributed by atoms with Crippen LogP contribution in [-0.4, -0.2) is 12.1 Å². The lowest BCUT2D eigenvalue weighted by Crippen LogP contribution is -2.41. The fourth-order valence-corrected chi connectivity index (χ4v) is 2.01. The lowest BCUT2D eigenvalue weighted by atomic mass is 9.93. The molecule has 0 spiro atoms. The van der Waals surface area contributed by atoms with Crippen molar-refractivity contribution >= 4 is 0 Å². The van der Waals surface area contributed by atoms with E-state index in [1.807, 2.05) is 0 Å². The maximum Gasteiger partial charge on any atom is 0.200 e. The first-order valence-electron chi connectivity index (χ1n) is 5.54. The summed E-state index contributed by atoms with van der Waals surface area (Å²) in [5, 5.41) is 0. The van der Waals surface area contributed by atoms with E-state index in [0.29, 0.717) is 0 Å². The molecule has 0 radical (unpaired) electrons. The molecule has 2 atom stereocenters. The van der Waals surface area contributed by atoms with Gasteiger partial charge in [-0.3, -0.25) is 0 Å². The Bertz CT molecular complexity index is 370. The van der Waals surface area contributed by atoms with Gasteiger partial charge < -0.3 is 10.5 Å². The summed E-state index contributed by atoms with van der Waals surface area (Å²) < 4.78 is 31.7. The molecule has 0 heterocycles. The van der Waals surface area contributed by atoms with E-state index in [4.69, 9.17) is 10.5 Å². The molecule has 0 bridgehead atoms. The van der Waals surface area contributed by atoms with Gasteiger partial charge in [0.25, 0.3) is 0 Å². The van der Waals surface area contributed by atoms with E-state index in [1.54, 1.807) is 0 Å². The second-order valence-electron chi connectivity index (χ2n) is 4.16. The van der Waals surface area contributed by atoms with Crippen molar-refractivity contribution in [1.82, 2.24) is 0 Å². The van der Waals surface area contributed by atoms with Gasteiger partial charge in [-0.15, -0.1) is 0 Å². The average Bonchev–Trinajstić information content (AvgIpc) is 2.28. The van der Waals surface area contributed by atoms with E-state index in [2.05, 4.69) is 0 Å². The van der Waals surface area contributed by atoms with Crippen LogP contribution in [0.25, 0.3) is 0 Å². The van der Waals surface area contributed by atoms with Gasteiger partial charge >= 0.3 is 0 Å². The van der Waals surface area contributed by atoms with Crippen molar-refractivity contribution in [1.29, 1.82) is 0 Å². The zero-order valence-electron chi connectivity index (χ0n) is 8.96. The number of ether oxygens (including phenoxy) is 1. The Kier molecular flexibility index (Phi) is 3.39. The van der Waals surface area contributed by atoms with Crippen molar-refractivity contribution < 1.29 is 13.5 Å². The molecule has 1 aromatic rings. The number of benzene rings is 1. The SMILES string of the molecule is NC1CCCCC1Oc1cccc(F)c1F. The van der Waals surface area contributed by atoms with Crippen molar-refractivity contribution in [3.63, 3.8) is 0 Å². The van der Waals surface area contributed by atoms with Crippen LogP contribution < -0.4 is 10.5 Å². The van der Waals surface area contributed by atoms with Gasteiger partial charge in [0.15, 0.2) is 11.6 Å². The number of hydrogen-bond donors (Lipinski definition) is 1. The number of hydrogen-bond acceptors (Lipinski definition) is 2. The molecule has 2 unspecified atom stereocenters. The highest BCUT2D eigenvalue weighted by molar-refractivity contribution is 5.25. The van der Waals surface area contributed by atoms with Crippen LogP contribution in [0.15, 0.2) is 18.2 Å². The summed E-state index contributed by atoms with van der Waals surface area (Å²) in [7, 11) is 0. The van der Waals surface area contributed by atoms with Gasteiger partial charge in [-0.1, -0.05) is 12.5 Å². The predicted octanol–water partition coefficient (Wildman–Crippen LogP) is 2.61. The molecule has 2 nitrogen and oxygen atoms in total. The molecule has 0 aliphatic heterocycles. The normalized spacial score (nSPS) is 25.4. The first-order valence-corrected chi connectivity index (χ1v) is 5.54. The fraction of sp³-hybridized carbons (Fsp3) is 0.500. The molecule has 88 valence electrons. The van der Waals surface area contributed by atoms with E-state index < -0.39 is 11.6 Å². The lowest BCUT2D eigenvalue weighted by Gasteiger charge is -2.29. The Hall–Kier alpha value is -1.16. The van der Waals surface area contributed by atoms with Crippen LogP contribution in [0.5, 0.6) is 5.75 Å². The summed E-state index contributed by atoms with van der Waals surface area (Å²) in [5.41, 5.74) is 5.87. The average molecular weight is 227 g/mol. The third-order valence-corrected chi connectivity index (χ3v) is 2.95. The van der Waals surface area contributed by atoms with Gasteiger partial charge in [-0.05, 0) is 31.4 Å². The lowest BCUT2D eigenvalue weighted by molar-refractivity contribution is 0.126. The van der Waals surface area contributed by atoms with Crippen molar-refractivity contribution in [3.8, 4) is 5.75 Å². The van der Waals surface area contributed by atoms with E-state index in [1.165, 1.54) is 12.1 Å². The molecule has 1 fully saturated rings. The minimum Gasteiger partial charge on any atom is -0.486 e. The minimum absolute atomic E-state index is 0.0395. The fourth-order valence-electron chi connectivity index (χ4n) is 2.01. The smallest absolute Gasteiger partial charge is 0.200 e. The van der Waals surface area contributed by atoms with Gasteiger partial charge in [-0.25, -0.2) is 4.39 Å². The van der Waals surface area contributed by atoms with E-state index >= 15 is 0 Å². The van der Waals surface area contributed by atoms with Crippen LogP contribution in [0, 0.1) is 11.6 Å². The third kappa shape index (κ3) is 2.32. The van der Waals surface area contributed by atoms with Crippen LogP contribution in [-0.2, 0) is 0 Å². The van der Waals surface area contributed by atoms with Crippen molar-refractivity contribution in [2.75, 3.05) is 0 Å². The molecule has 2 rings (SSSR count). The topological polar surface area (TPSA) is 35.2 Å². The van der Waals surface area contributed by atoms with Crippen molar-refractivity contribution in [2.45, 2.75) is 37.8 Å². The molecule has 0 amide bonds. The summed E-state index contributed by atoms with van der Waals surface area (Å²) >= 11 is 0. The third-order valence-electron chi connectivity index (χ3n) is 2.95. The zero-order chi connectivity index (χ0) is 11.5. The van der Waals surface area contributed by atoms with Crippen LogP contribution in [0.2, 0.25) is 0 Å². The predicted molar refractivity (Wildman–Crippen MR) is 57.2 cm³/mol. The molecule has 0 saturated heterocycles. The summed E-state index contributed by atoms with van der Waals surface area (Å²) in [4.78, 5) is 0. The molecule has 1 aliphatic carbocycles. The molecule has 1 aliphatic rings. The maximum atomic E-state index is 13.3. The van der Waals surface area contributed by atoms with Crippen LogP contribution in [0.4, 0.5) is 8.78 Å². The molecular weight excluding hydrogens is 212 g/mol. The summed E-state index contributed by atoms with van der Waals surface area (Å²) in [6.45, 7) is 0. The number of rotatable bonds is 2. The van der Waals surface area contributed by atoms with E-state index in [0.717, 1.165) is 31.7 Å². The van der Waals surface area contributed by atoms with Crippen LogP contribution in [0.3, 0.4) is 0 Å². The van der Waals surface area contributed by atoms with Gasteiger partial charge in [0.05, 0.1) is 0 Å². The molecule has 16 heavy (non-hydrogen) atoms. The molecule has 1 aromatic carbocycles. The first kappa shape index (κ1) is 11.3. The monoisotopic (exact) mass is 227 g/mol. The van der Waals surface area contributed by atoms with Gasteiger partial charge in [0, 0.05) is 6.04 Å². The van der Waals surface area contributed by atoms with E-state index in [9.17, 15) is 8.78 Å². The molecule has 1 saturated carbocycles. The van der Waals surface area contributed by atoms with Crippen molar-refractivity contribution in [2.24, 2.45) is 5.73 Å². The number of nitrogens with two attached hydrogens (primary N) is 1. The zero-order valence-corrected chi connectivity index (χ0v) is 8.96. The molecule has 0 aromatic heterocycles. The summed E-state index contributed by atoms with van der Waals surface area (Å²) in [5.74, 6) is -1.86. The molecule has 4 heteroatoms. The van der Waals surface area contributed by atoms with Crippen LogP contribution >= 0.6 is 0 Å². The first-order chi connectivity index (χ1) is 7.68. The van der Waals surface area contributed by atoms with Gasteiger partial charge in [0.2, 0.25) is 5.82 Å². The Labute approximate surface area is 93.4 Å². The van der Waals surface area contributed by atoms with Gasteiger partial charge in [0.1, 0.15) is 6.10 Å². The van der Waals surface area contributed by atoms with E-state index in [-0.39, 0.29) is 17.9 Å². The Balaban J connectivity index is 2.10. The standard InChI is InChI=1S/C12H15F2NO/c13-8-4-3-7-11(12(8)14)16-10-6-2-1-5-9(10)15/h3-4,7,9-10H,1-2,5-6,15H2. The Morgan fingerprint density at radius 2 is 1.94 bits per heavy atom. The minimum atomic E-state index is -0.930. The largest absolute Gasteiger partial charge is 0.486 e. The van der Waals surface area contributed by atoms with Crippen molar-refractivity contribution in [3.05, 3.63) is 29.8 Å². The summed E-state index contributed by atoms with van der Waals surface area (Å²) in [6.07, 6.45) is 3.57. The molecule has 2 N–H and O–H groups in total. The second-order valence-corrected chi connectivity index (χ2v) is 4.16. The Morgan fingerprint density at radius 3 is 2.69 bits per heavy atom. The maximum absolute atomic E-state index is 13.3. The highest BCUT2D eigenvalue weighted by Crippen LogP contribution is 2.25. The number of halogens is 2. The highest BCUT2D eigenvalue weighted by Gasteiger charge is 2.24. The quantitative estimate of drug-likeness (QED) is 0.842. The van der Waals surface area contributed by atoms with Crippen LogP contribution in [0.1, 0.15) is 25.7 Å².